The zero-order valence-corrected chi connectivity index (χ0v) is 27.2. The third kappa shape index (κ3) is 8.28. The summed E-state index contributed by atoms with van der Waals surface area (Å²) in [4.78, 5) is 55.4. The van der Waals surface area contributed by atoms with Gasteiger partial charge in [-0.25, -0.2) is 4.39 Å². The normalized spacial score (nSPS) is 24.9. The molecule has 248 valence electrons. The minimum Gasteiger partial charge on any atom is -0.368 e. The summed E-state index contributed by atoms with van der Waals surface area (Å²) in [7, 11) is 0. The maximum Gasteiger partial charge on any atom is 0.243 e. The highest BCUT2D eigenvalue weighted by atomic mass is 32.2. The van der Waals surface area contributed by atoms with Crippen LogP contribution in [-0.2, 0) is 32.0 Å². The van der Waals surface area contributed by atoms with Crippen LogP contribution < -0.4 is 22.1 Å². The van der Waals surface area contributed by atoms with Gasteiger partial charge < -0.3 is 27.0 Å². The van der Waals surface area contributed by atoms with Crippen molar-refractivity contribution < 1.29 is 23.6 Å². The van der Waals surface area contributed by atoms with Crippen molar-refractivity contribution in [1.82, 2.24) is 15.5 Å². The highest BCUT2D eigenvalue weighted by molar-refractivity contribution is 7.98. The first kappa shape index (κ1) is 33.9. The Hall–Kier alpha value is -3.44. The van der Waals surface area contributed by atoms with Gasteiger partial charge in [0.25, 0.3) is 0 Å². The zero-order chi connectivity index (χ0) is 32.8. The first-order valence-electron chi connectivity index (χ1n) is 16.3. The van der Waals surface area contributed by atoms with E-state index >= 15 is 0 Å². The van der Waals surface area contributed by atoms with Gasteiger partial charge in [0.2, 0.25) is 23.6 Å². The lowest BCUT2D eigenvalue weighted by molar-refractivity contribution is -0.153. The molecule has 4 bridgehead atoms. The number of nitrogens with two attached hydrogens (primary N) is 2. The van der Waals surface area contributed by atoms with E-state index in [2.05, 4.69) is 10.6 Å². The lowest BCUT2D eigenvalue weighted by Crippen LogP contribution is -2.64. The fraction of sp³-hybridized carbons (Fsp3) is 0.543. The minimum atomic E-state index is -0.946. The van der Waals surface area contributed by atoms with E-state index in [0.717, 1.165) is 31.2 Å². The highest BCUT2D eigenvalue weighted by Gasteiger charge is 2.52. The van der Waals surface area contributed by atoms with Crippen LogP contribution in [0.3, 0.4) is 0 Å². The highest BCUT2D eigenvalue weighted by Crippen LogP contribution is 2.55. The van der Waals surface area contributed by atoms with Crippen molar-refractivity contribution in [3.05, 3.63) is 71.5 Å². The van der Waals surface area contributed by atoms with E-state index in [1.165, 1.54) is 30.3 Å². The van der Waals surface area contributed by atoms with E-state index in [1.54, 1.807) is 17.0 Å². The Labute approximate surface area is 274 Å². The van der Waals surface area contributed by atoms with E-state index in [-0.39, 0.29) is 30.7 Å². The van der Waals surface area contributed by atoms with Crippen LogP contribution in [0, 0.1) is 29.5 Å². The first-order chi connectivity index (χ1) is 22.1. The molecule has 2 aromatic rings. The number of rotatable bonds is 15. The number of halogens is 1. The van der Waals surface area contributed by atoms with E-state index in [9.17, 15) is 23.6 Å². The lowest BCUT2D eigenvalue weighted by atomic mass is 9.53. The molecule has 11 heteroatoms. The molecule has 0 aliphatic heterocycles. The Balaban J connectivity index is 1.29. The largest absolute Gasteiger partial charge is 0.368 e. The summed E-state index contributed by atoms with van der Waals surface area (Å²) in [5.41, 5.74) is 13.8. The monoisotopic (exact) mass is 651 g/mol. The molecule has 4 aliphatic carbocycles. The number of nitrogens with zero attached hydrogens (tertiary/aromatic N) is 1. The number of benzene rings is 2. The third-order valence-corrected chi connectivity index (χ3v) is 10.7. The van der Waals surface area contributed by atoms with Crippen molar-refractivity contribution in [2.75, 3.05) is 18.6 Å². The van der Waals surface area contributed by atoms with Gasteiger partial charge in [0, 0.05) is 12.5 Å². The number of carbonyl (C=O) groups excluding carboxylic acids is 4. The number of amides is 4. The molecule has 0 heterocycles. The summed E-state index contributed by atoms with van der Waals surface area (Å²) >= 11 is 1.53. The number of carbonyl (C=O) groups is 4. The van der Waals surface area contributed by atoms with Crippen molar-refractivity contribution in [1.29, 1.82) is 0 Å². The molecule has 0 saturated heterocycles. The predicted octanol–water partition coefficient (Wildman–Crippen LogP) is 2.80. The molecule has 4 aliphatic rings. The second-order valence-electron chi connectivity index (χ2n) is 13.3. The fourth-order valence-corrected chi connectivity index (χ4v) is 8.67. The van der Waals surface area contributed by atoms with Crippen molar-refractivity contribution in [3.8, 4) is 0 Å². The van der Waals surface area contributed by atoms with Crippen molar-refractivity contribution >= 4 is 35.4 Å². The average molecular weight is 652 g/mol. The van der Waals surface area contributed by atoms with Crippen LogP contribution in [0.15, 0.2) is 54.6 Å². The summed E-state index contributed by atoms with van der Waals surface area (Å²) in [6.45, 7) is -0.312. The molecular weight excluding hydrogens is 605 g/mol. The van der Waals surface area contributed by atoms with Crippen molar-refractivity contribution in [2.24, 2.45) is 35.1 Å². The van der Waals surface area contributed by atoms with Gasteiger partial charge in [0.05, 0.1) is 12.6 Å². The van der Waals surface area contributed by atoms with Gasteiger partial charge in [-0.15, -0.1) is 0 Å². The maximum absolute atomic E-state index is 14.2. The van der Waals surface area contributed by atoms with Gasteiger partial charge in [-0.1, -0.05) is 42.5 Å². The summed E-state index contributed by atoms with van der Waals surface area (Å²) in [5, 5.41) is 5.52. The maximum atomic E-state index is 14.2. The molecule has 4 amide bonds. The number of nitrogens with one attached hydrogen (secondary N) is 2. The molecule has 3 atom stereocenters. The van der Waals surface area contributed by atoms with Crippen molar-refractivity contribution in [3.63, 3.8) is 0 Å². The molecule has 4 saturated carbocycles. The van der Waals surface area contributed by atoms with Crippen LogP contribution in [0.1, 0.15) is 49.7 Å². The van der Waals surface area contributed by atoms with Crippen LogP contribution >= 0.6 is 11.8 Å². The Morgan fingerprint density at radius 1 is 0.891 bits per heavy atom. The Kier molecular flexibility index (Phi) is 11.4. The van der Waals surface area contributed by atoms with E-state index in [1.807, 2.05) is 36.6 Å². The summed E-state index contributed by atoms with van der Waals surface area (Å²) in [6.07, 6.45) is 8.17. The molecule has 9 nitrogen and oxygen atoms in total. The zero-order valence-electron chi connectivity index (χ0n) is 26.4. The Morgan fingerprint density at radius 2 is 1.50 bits per heavy atom. The number of thioether (sulfide) groups is 1. The second-order valence-corrected chi connectivity index (χ2v) is 14.3. The molecule has 4 fully saturated rings. The number of hydrogen-bond acceptors (Lipinski definition) is 6. The molecule has 46 heavy (non-hydrogen) atoms. The molecule has 2 aromatic carbocycles. The molecule has 0 spiro atoms. The molecule has 6 N–H and O–H groups in total. The quantitative estimate of drug-likeness (QED) is 0.233. The molecule has 0 aromatic heterocycles. The third-order valence-electron chi connectivity index (χ3n) is 10.1. The number of primary amides is 1. The fourth-order valence-electron chi connectivity index (χ4n) is 8.20. The Morgan fingerprint density at radius 3 is 2.09 bits per heavy atom. The first-order valence-corrected chi connectivity index (χ1v) is 17.7. The lowest BCUT2D eigenvalue weighted by Gasteiger charge is -2.58. The van der Waals surface area contributed by atoms with E-state index in [4.69, 9.17) is 11.5 Å². The summed E-state index contributed by atoms with van der Waals surface area (Å²) < 4.78 is 13.3. The van der Waals surface area contributed by atoms with Crippen LogP contribution in [0.2, 0.25) is 0 Å². The smallest absolute Gasteiger partial charge is 0.243 e. The van der Waals surface area contributed by atoms with Gasteiger partial charge >= 0.3 is 0 Å². The molecular formula is C35H46FN5O4S. The summed E-state index contributed by atoms with van der Waals surface area (Å²) in [6, 6.07) is 12.5. The van der Waals surface area contributed by atoms with E-state index < -0.39 is 35.8 Å². The second kappa shape index (κ2) is 15.4. The molecule has 0 radical (unpaired) electrons. The van der Waals surface area contributed by atoms with Crippen molar-refractivity contribution in [2.45, 2.75) is 75.5 Å². The van der Waals surface area contributed by atoms with Gasteiger partial charge in [-0.05, 0) is 104 Å². The van der Waals surface area contributed by atoms with Gasteiger partial charge in [-0.2, -0.15) is 11.8 Å². The van der Waals surface area contributed by atoms with Gasteiger partial charge in [-0.3, -0.25) is 19.2 Å². The standard InChI is InChI=1S/C35H46FN5O4S/c1-46-12-11-29(40-34(44)28(37)18-22-7-9-27(36)10-8-22)35(45)39-20-31(42)41(30(33(38)43)19-21-5-3-2-4-6-21)32-25-14-23-13-24(16-25)17-26(32)15-23/h2-10,23-26,28-30,32H,11-20,37H2,1H3,(H2,38,43)(H,39,45)(H,40,44)/t23?,24?,25?,26?,28?,29-,30+,32?/m1/s1. The van der Waals surface area contributed by atoms with Crippen LogP contribution in [0.25, 0.3) is 0 Å². The molecule has 6 rings (SSSR count). The predicted molar refractivity (Wildman–Crippen MR) is 177 cm³/mol. The van der Waals surface area contributed by atoms with Crippen LogP contribution in [0.4, 0.5) is 4.39 Å². The van der Waals surface area contributed by atoms with E-state index in [0.29, 0.717) is 47.8 Å². The van der Waals surface area contributed by atoms with Gasteiger partial charge in [0.1, 0.15) is 17.9 Å². The topological polar surface area (TPSA) is 148 Å². The summed E-state index contributed by atoms with van der Waals surface area (Å²) in [5.74, 6) is 0.283. The average Bonchev–Trinajstić information content (AvgIpc) is 3.03. The minimum absolute atomic E-state index is 0.102. The SMILES string of the molecule is CSCC[C@@H](NC(=O)C(N)Cc1ccc(F)cc1)C(=O)NCC(=O)N(C1C2CC3CC(C2)CC1C3)[C@@H](Cc1ccccc1)C(N)=O. The molecule has 1 unspecified atom stereocenters. The van der Waals surface area contributed by atoms with Gasteiger partial charge in [0.15, 0.2) is 0 Å². The van der Waals surface area contributed by atoms with Crippen LogP contribution in [0.5, 0.6) is 0 Å². The van der Waals surface area contributed by atoms with Crippen LogP contribution in [-0.4, -0.2) is 71.2 Å². The Bertz CT molecular complexity index is 1350. The number of hydrogen-bond donors (Lipinski definition) is 4.